The number of anilines is 1. The first-order valence-corrected chi connectivity index (χ1v) is 7.99. The lowest BCUT2D eigenvalue weighted by Crippen LogP contribution is -2.33. The average Bonchev–Trinajstić information content (AvgIpc) is 2.97. The average molecular weight is 337 g/mol. The fraction of sp³-hybridized carbons (Fsp3) is 0.211. The minimum atomic E-state index is -0.345. The quantitative estimate of drug-likeness (QED) is 0.932. The van der Waals surface area contributed by atoms with Gasteiger partial charge in [0.15, 0.2) is 6.61 Å². The van der Waals surface area contributed by atoms with Crippen LogP contribution in [0.2, 0.25) is 0 Å². The lowest BCUT2D eigenvalue weighted by molar-refractivity contribution is -0.121. The van der Waals surface area contributed by atoms with Crippen LogP contribution in [0.4, 0.5) is 5.69 Å². The van der Waals surface area contributed by atoms with Crippen LogP contribution in [-0.4, -0.2) is 24.3 Å². The third kappa shape index (κ3) is 3.85. The third-order valence-electron chi connectivity index (χ3n) is 3.97. The molecule has 0 aliphatic carbocycles. The molecule has 6 nitrogen and oxygen atoms in total. The SMILES string of the molecule is Cc1cccc(OCC(=O)NC2=NN(c3ccccc3)C(=O)C2)c1C. The van der Waals surface area contributed by atoms with E-state index >= 15 is 0 Å². The summed E-state index contributed by atoms with van der Waals surface area (Å²) in [7, 11) is 0. The largest absolute Gasteiger partial charge is 0.483 e. The molecule has 0 fully saturated rings. The van der Waals surface area contributed by atoms with Gasteiger partial charge in [0, 0.05) is 0 Å². The Hall–Kier alpha value is -3.15. The van der Waals surface area contributed by atoms with Crippen LogP contribution in [0, 0.1) is 13.8 Å². The first-order valence-electron chi connectivity index (χ1n) is 7.99. The third-order valence-corrected chi connectivity index (χ3v) is 3.97. The number of benzene rings is 2. The van der Waals surface area contributed by atoms with Crippen molar-refractivity contribution in [2.24, 2.45) is 5.10 Å². The summed E-state index contributed by atoms with van der Waals surface area (Å²) < 4.78 is 5.56. The molecule has 128 valence electrons. The molecule has 1 N–H and O–H groups in total. The van der Waals surface area contributed by atoms with Crippen molar-refractivity contribution in [1.29, 1.82) is 0 Å². The molecule has 3 rings (SSSR count). The van der Waals surface area contributed by atoms with Crippen LogP contribution in [0.25, 0.3) is 0 Å². The van der Waals surface area contributed by atoms with Gasteiger partial charge in [-0.3, -0.25) is 9.59 Å². The zero-order chi connectivity index (χ0) is 17.8. The smallest absolute Gasteiger partial charge is 0.263 e. The number of hydrogen-bond donors (Lipinski definition) is 1. The van der Waals surface area contributed by atoms with Crippen LogP contribution < -0.4 is 15.1 Å². The molecule has 0 bridgehead atoms. The number of ether oxygens (including phenoxy) is 1. The van der Waals surface area contributed by atoms with Crippen LogP contribution in [0.5, 0.6) is 5.75 Å². The maximum atomic E-state index is 12.1. The highest BCUT2D eigenvalue weighted by Crippen LogP contribution is 2.21. The van der Waals surface area contributed by atoms with Crippen LogP contribution in [0.15, 0.2) is 53.6 Å². The molecule has 0 atom stereocenters. The number of nitrogens with zero attached hydrogens (tertiary/aromatic N) is 2. The highest BCUT2D eigenvalue weighted by atomic mass is 16.5. The number of aryl methyl sites for hydroxylation is 1. The number of rotatable bonds is 4. The minimum Gasteiger partial charge on any atom is -0.483 e. The highest BCUT2D eigenvalue weighted by molar-refractivity contribution is 6.15. The summed E-state index contributed by atoms with van der Waals surface area (Å²) in [6, 6.07) is 14.8. The van der Waals surface area contributed by atoms with Gasteiger partial charge >= 0.3 is 0 Å². The molecular weight excluding hydrogens is 318 g/mol. The van der Waals surface area contributed by atoms with E-state index in [1.807, 2.05) is 50.2 Å². The monoisotopic (exact) mass is 337 g/mol. The molecule has 0 saturated carbocycles. The zero-order valence-electron chi connectivity index (χ0n) is 14.2. The van der Waals surface area contributed by atoms with Crippen molar-refractivity contribution < 1.29 is 14.3 Å². The zero-order valence-corrected chi connectivity index (χ0v) is 14.2. The van der Waals surface area contributed by atoms with Crippen molar-refractivity contribution in [3.8, 4) is 5.75 Å². The van der Waals surface area contributed by atoms with Gasteiger partial charge in [0.25, 0.3) is 11.8 Å². The van der Waals surface area contributed by atoms with Crippen molar-refractivity contribution in [1.82, 2.24) is 5.32 Å². The first-order chi connectivity index (χ1) is 12.0. The molecule has 0 spiro atoms. The second-order valence-electron chi connectivity index (χ2n) is 5.80. The molecule has 2 amide bonds. The Morgan fingerprint density at radius 1 is 1.16 bits per heavy atom. The molecule has 2 aromatic carbocycles. The Kier molecular flexibility index (Phi) is 4.79. The molecule has 25 heavy (non-hydrogen) atoms. The first kappa shape index (κ1) is 16.7. The Morgan fingerprint density at radius 3 is 2.68 bits per heavy atom. The van der Waals surface area contributed by atoms with E-state index in [-0.39, 0.29) is 24.8 Å². The lowest BCUT2D eigenvalue weighted by atomic mass is 10.1. The summed E-state index contributed by atoms with van der Waals surface area (Å²) in [6.07, 6.45) is 0.0596. The summed E-state index contributed by atoms with van der Waals surface area (Å²) in [6.45, 7) is 3.79. The number of nitrogens with one attached hydrogen (secondary N) is 1. The molecule has 0 unspecified atom stereocenters. The number of hydrogen-bond acceptors (Lipinski definition) is 4. The van der Waals surface area contributed by atoms with E-state index in [0.717, 1.165) is 11.1 Å². The fourth-order valence-corrected chi connectivity index (χ4v) is 2.49. The Morgan fingerprint density at radius 2 is 1.92 bits per heavy atom. The Balaban J connectivity index is 1.60. The van der Waals surface area contributed by atoms with E-state index in [9.17, 15) is 9.59 Å². The van der Waals surface area contributed by atoms with E-state index in [1.54, 1.807) is 12.1 Å². The van der Waals surface area contributed by atoms with E-state index in [2.05, 4.69) is 10.4 Å². The minimum absolute atomic E-state index is 0.0596. The molecule has 2 aromatic rings. The van der Waals surface area contributed by atoms with Gasteiger partial charge in [-0.1, -0.05) is 30.3 Å². The highest BCUT2D eigenvalue weighted by Gasteiger charge is 2.26. The van der Waals surface area contributed by atoms with Crippen molar-refractivity contribution in [3.63, 3.8) is 0 Å². The number of carbonyl (C=O) groups is 2. The lowest BCUT2D eigenvalue weighted by Gasteiger charge is -2.11. The fourth-order valence-electron chi connectivity index (χ4n) is 2.49. The van der Waals surface area contributed by atoms with Gasteiger partial charge in [-0.2, -0.15) is 10.1 Å². The van der Waals surface area contributed by atoms with Crippen LogP contribution >= 0.6 is 0 Å². The number of amides is 2. The maximum absolute atomic E-state index is 12.1. The number of carbonyl (C=O) groups excluding carboxylic acids is 2. The summed E-state index contributed by atoms with van der Waals surface area (Å²) in [4.78, 5) is 24.1. The molecule has 1 aliphatic rings. The van der Waals surface area contributed by atoms with Gasteiger partial charge in [-0.05, 0) is 43.2 Å². The molecule has 1 aliphatic heterocycles. The summed E-state index contributed by atoms with van der Waals surface area (Å²) in [5, 5.41) is 8.11. The van der Waals surface area contributed by atoms with E-state index in [1.165, 1.54) is 5.01 Å². The second-order valence-corrected chi connectivity index (χ2v) is 5.80. The van der Waals surface area contributed by atoms with E-state index < -0.39 is 0 Å². The topological polar surface area (TPSA) is 71.0 Å². The van der Waals surface area contributed by atoms with Gasteiger partial charge in [0.05, 0.1) is 12.1 Å². The maximum Gasteiger partial charge on any atom is 0.263 e. The van der Waals surface area contributed by atoms with Crippen LogP contribution in [0.3, 0.4) is 0 Å². The Bertz CT molecular complexity index is 831. The molecule has 1 heterocycles. The molecular formula is C19H19N3O3. The van der Waals surface area contributed by atoms with Gasteiger partial charge in [0.2, 0.25) is 0 Å². The molecule has 0 radical (unpaired) electrons. The van der Waals surface area contributed by atoms with Crippen LogP contribution in [0.1, 0.15) is 17.5 Å². The van der Waals surface area contributed by atoms with Crippen molar-refractivity contribution >= 4 is 23.3 Å². The summed E-state index contributed by atoms with van der Waals surface area (Å²) in [5.74, 6) is 0.466. The van der Waals surface area contributed by atoms with Gasteiger partial charge in [-0.25, -0.2) is 0 Å². The van der Waals surface area contributed by atoms with Crippen molar-refractivity contribution in [2.75, 3.05) is 11.6 Å². The molecule has 6 heteroatoms. The normalized spacial score (nSPS) is 13.6. The number of amidine groups is 1. The standard InChI is InChI=1S/C19H19N3O3/c1-13-7-6-10-16(14(13)2)25-12-18(23)20-17-11-19(24)22(21-17)15-8-4-3-5-9-15/h3-10H,11-12H2,1-2H3,(H,20,21,23). The number of hydrazone groups is 1. The van der Waals surface area contributed by atoms with Gasteiger partial charge in [0.1, 0.15) is 11.6 Å². The van der Waals surface area contributed by atoms with Gasteiger partial charge < -0.3 is 10.1 Å². The van der Waals surface area contributed by atoms with E-state index in [4.69, 9.17) is 4.74 Å². The summed E-state index contributed by atoms with van der Waals surface area (Å²) in [5.41, 5.74) is 2.77. The molecule has 0 aromatic heterocycles. The van der Waals surface area contributed by atoms with Crippen molar-refractivity contribution in [3.05, 3.63) is 59.7 Å². The summed E-state index contributed by atoms with van der Waals surface area (Å²) >= 11 is 0. The molecule has 0 saturated heterocycles. The number of para-hydroxylation sites is 1. The second kappa shape index (κ2) is 7.17. The van der Waals surface area contributed by atoms with Gasteiger partial charge in [-0.15, -0.1) is 0 Å². The Labute approximate surface area is 146 Å². The van der Waals surface area contributed by atoms with Crippen LogP contribution in [-0.2, 0) is 9.59 Å². The van der Waals surface area contributed by atoms with E-state index in [0.29, 0.717) is 17.3 Å². The van der Waals surface area contributed by atoms with Crippen molar-refractivity contribution in [2.45, 2.75) is 20.3 Å². The predicted molar refractivity (Wildman–Crippen MR) is 95.5 cm³/mol. The predicted octanol–water partition coefficient (Wildman–Crippen LogP) is 2.55.